The van der Waals surface area contributed by atoms with Gasteiger partial charge in [0.05, 0.1) is 19.8 Å². The minimum atomic E-state index is -0.363. The number of halogens is 1. The fourth-order valence-corrected chi connectivity index (χ4v) is 2.99. The first-order valence-corrected chi connectivity index (χ1v) is 7.89. The largest absolute Gasteiger partial charge is 0.493 e. The van der Waals surface area contributed by atoms with Crippen molar-refractivity contribution >= 4 is 18.3 Å². The van der Waals surface area contributed by atoms with Gasteiger partial charge in [0, 0.05) is 6.54 Å². The summed E-state index contributed by atoms with van der Waals surface area (Å²) in [6, 6.07) is 5.84. The summed E-state index contributed by atoms with van der Waals surface area (Å²) < 4.78 is 10.5. The van der Waals surface area contributed by atoms with Gasteiger partial charge < -0.3 is 20.1 Å². The molecule has 1 heterocycles. The van der Waals surface area contributed by atoms with Crippen LogP contribution in [0.25, 0.3) is 0 Å². The van der Waals surface area contributed by atoms with Crippen LogP contribution >= 0.6 is 12.4 Å². The maximum absolute atomic E-state index is 12.4. The van der Waals surface area contributed by atoms with Crippen LogP contribution < -0.4 is 20.1 Å². The second kappa shape index (κ2) is 8.99. The van der Waals surface area contributed by atoms with E-state index < -0.39 is 0 Å². The lowest BCUT2D eigenvalue weighted by Crippen LogP contribution is -2.53. The number of amides is 1. The lowest BCUT2D eigenvalue weighted by Gasteiger charge is -2.26. The highest BCUT2D eigenvalue weighted by atomic mass is 35.5. The molecule has 6 heteroatoms. The second-order valence-corrected chi connectivity index (χ2v) is 5.66. The predicted molar refractivity (Wildman–Crippen MR) is 93.8 cm³/mol. The first kappa shape index (κ1) is 19.6. The van der Waals surface area contributed by atoms with Crippen LogP contribution in [-0.4, -0.2) is 38.8 Å². The third-order valence-electron chi connectivity index (χ3n) is 4.43. The molecular formula is C17H27ClN2O3. The van der Waals surface area contributed by atoms with Crippen molar-refractivity contribution in [2.24, 2.45) is 0 Å². The van der Waals surface area contributed by atoms with Crippen molar-refractivity contribution in [1.82, 2.24) is 10.6 Å². The smallest absolute Gasteiger partial charge is 0.240 e. The van der Waals surface area contributed by atoms with E-state index in [-0.39, 0.29) is 23.9 Å². The number of benzene rings is 1. The van der Waals surface area contributed by atoms with Gasteiger partial charge >= 0.3 is 0 Å². The molecule has 2 N–H and O–H groups in total. The Morgan fingerprint density at radius 2 is 2.04 bits per heavy atom. The van der Waals surface area contributed by atoms with Gasteiger partial charge in [0.15, 0.2) is 11.5 Å². The summed E-state index contributed by atoms with van der Waals surface area (Å²) in [5.41, 5.74) is 0.750. The van der Waals surface area contributed by atoms with Crippen LogP contribution in [0.4, 0.5) is 0 Å². The van der Waals surface area contributed by atoms with Gasteiger partial charge in [0.1, 0.15) is 0 Å². The van der Waals surface area contributed by atoms with Crippen LogP contribution in [0.15, 0.2) is 18.2 Å². The molecule has 1 aromatic carbocycles. The van der Waals surface area contributed by atoms with Crippen LogP contribution in [-0.2, 0) is 11.2 Å². The van der Waals surface area contributed by atoms with E-state index in [1.54, 1.807) is 14.2 Å². The van der Waals surface area contributed by atoms with Gasteiger partial charge in [-0.05, 0) is 49.9 Å². The van der Waals surface area contributed by atoms with E-state index in [2.05, 4.69) is 17.6 Å². The van der Waals surface area contributed by atoms with Crippen molar-refractivity contribution in [2.45, 2.75) is 38.1 Å². The Morgan fingerprint density at radius 1 is 1.30 bits per heavy atom. The standard InChI is InChI=1S/C17H26N2O3.ClH/c1-4-17(9-5-10-19-17)16(20)18-11-8-13-6-7-14(21-2)15(12-13)22-3;/h6-7,12,19H,4-5,8-11H2,1-3H3,(H,18,20);1H. The van der Waals surface area contributed by atoms with Crippen molar-refractivity contribution in [1.29, 1.82) is 0 Å². The van der Waals surface area contributed by atoms with Crippen LogP contribution in [0.3, 0.4) is 0 Å². The molecule has 0 radical (unpaired) electrons. The molecule has 0 bridgehead atoms. The Bertz CT molecular complexity index is 517. The Labute approximate surface area is 144 Å². The average Bonchev–Trinajstić information content (AvgIpc) is 3.04. The zero-order valence-electron chi connectivity index (χ0n) is 14.1. The van der Waals surface area contributed by atoms with Crippen molar-refractivity contribution in [2.75, 3.05) is 27.3 Å². The molecule has 0 spiro atoms. The van der Waals surface area contributed by atoms with Gasteiger partial charge in [0.2, 0.25) is 5.91 Å². The maximum Gasteiger partial charge on any atom is 0.240 e. The summed E-state index contributed by atoms with van der Waals surface area (Å²) in [5, 5.41) is 6.41. The molecule has 0 aliphatic carbocycles. The number of rotatable bonds is 7. The quantitative estimate of drug-likeness (QED) is 0.798. The van der Waals surface area contributed by atoms with Crippen LogP contribution in [0, 0.1) is 0 Å². The summed E-state index contributed by atoms with van der Waals surface area (Å²) in [7, 11) is 3.25. The van der Waals surface area contributed by atoms with E-state index >= 15 is 0 Å². The number of hydrogen-bond acceptors (Lipinski definition) is 4. The van der Waals surface area contributed by atoms with Gasteiger partial charge in [-0.3, -0.25) is 4.79 Å². The molecule has 130 valence electrons. The summed E-state index contributed by atoms with van der Waals surface area (Å²) in [6.45, 7) is 3.61. The van der Waals surface area contributed by atoms with Crippen molar-refractivity contribution in [3.05, 3.63) is 23.8 Å². The van der Waals surface area contributed by atoms with Crippen LogP contribution in [0.2, 0.25) is 0 Å². The van der Waals surface area contributed by atoms with Gasteiger partial charge in [0.25, 0.3) is 0 Å². The van der Waals surface area contributed by atoms with Crippen molar-refractivity contribution in [3.8, 4) is 11.5 Å². The molecule has 1 aromatic rings. The van der Waals surface area contributed by atoms with E-state index in [0.717, 1.165) is 43.5 Å². The third kappa shape index (κ3) is 4.52. The van der Waals surface area contributed by atoms with E-state index in [1.807, 2.05) is 18.2 Å². The number of hydrogen-bond donors (Lipinski definition) is 2. The number of methoxy groups -OCH3 is 2. The van der Waals surface area contributed by atoms with Gasteiger partial charge in [-0.15, -0.1) is 12.4 Å². The molecule has 1 amide bonds. The Kier molecular flexibility index (Phi) is 7.65. The Balaban J connectivity index is 0.00000264. The highest BCUT2D eigenvalue weighted by molar-refractivity contribution is 5.86. The van der Waals surface area contributed by atoms with E-state index in [4.69, 9.17) is 9.47 Å². The highest BCUT2D eigenvalue weighted by Gasteiger charge is 2.38. The molecule has 23 heavy (non-hydrogen) atoms. The molecule has 0 aromatic heterocycles. The molecule has 1 fully saturated rings. The molecule has 1 saturated heterocycles. The fraction of sp³-hybridized carbons (Fsp3) is 0.588. The molecule has 2 rings (SSSR count). The topological polar surface area (TPSA) is 59.6 Å². The van der Waals surface area contributed by atoms with Crippen molar-refractivity contribution < 1.29 is 14.3 Å². The first-order chi connectivity index (χ1) is 10.6. The molecular weight excluding hydrogens is 316 g/mol. The van der Waals surface area contributed by atoms with E-state index in [9.17, 15) is 4.79 Å². The summed E-state index contributed by atoms with van der Waals surface area (Å²) in [4.78, 5) is 12.4. The SMILES string of the molecule is CCC1(C(=O)NCCc2ccc(OC)c(OC)c2)CCCN1.Cl. The molecule has 0 saturated carbocycles. The lowest BCUT2D eigenvalue weighted by molar-refractivity contribution is -0.127. The third-order valence-corrected chi connectivity index (χ3v) is 4.43. The minimum absolute atomic E-state index is 0. The molecule has 1 atom stereocenters. The number of carbonyl (C=O) groups is 1. The van der Waals surface area contributed by atoms with Gasteiger partial charge in [-0.2, -0.15) is 0 Å². The van der Waals surface area contributed by atoms with E-state index in [1.165, 1.54) is 0 Å². The molecule has 1 aliphatic heterocycles. The molecule has 1 aliphatic rings. The van der Waals surface area contributed by atoms with E-state index in [0.29, 0.717) is 12.3 Å². The summed E-state index contributed by atoms with van der Waals surface area (Å²) in [5.74, 6) is 1.55. The molecule has 1 unspecified atom stereocenters. The first-order valence-electron chi connectivity index (χ1n) is 7.89. The van der Waals surface area contributed by atoms with Gasteiger partial charge in [-0.25, -0.2) is 0 Å². The van der Waals surface area contributed by atoms with Gasteiger partial charge in [-0.1, -0.05) is 13.0 Å². The highest BCUT2D eigenvalue weighted by Crippen LogP contribution is 2.27. The predicted octanol–water partition coefficient (Wildman–Crippen LogP) is 2.32. The number of carbonyl (C=O) groups excluding carboxylic acids is 1. The fourth-order valence-electron chi connectivity index (χ4n) is 2.99. The molecule has 5 nitrogen and oxygen atoms in total. The minimum Gasteiger partial charge on any atom is -0.493 e. The maximum atomic E-state index is 12.4. The lowest BCUT2D eigenvalue weighted by atomic mass is 9.93. The average molecular weight is 343 g/mol. The number of nitrogens with one attached hydrogen (secondary N) is 2. The van der Waals surface area contributed by atoms with Crippen molar-refractivity contribution in [3.63, 3.8) is 0 Å². The van der Waals surface area contributed by atoms with Crippen LogP contribution in [0.5, 0.6) is 11.5 Å². The zero-order chi connectivity index (χ0) is 16.0. The zero-order valence-corrected chi connectivity index (χ0v) is 14.9. The van der Waals surface area contributed by atoms with Crippen LogP contribution in [0.1, 0.15) is 31.7 Å². The number of ether oxygens (including phenoxy) is 2. The Morgan fingerprint density at radius 3 is 2.61 bits per heavy atom. The summed E-state index contributed by atoms with van der Waals surface area (Å²) in [6.07, 6.45) is 3.59. The monoisotopic (exact) mass is 342 g/mol. The Hall–Kier alpha value is -1.46. The normalized spacial score (nSPS) is 19.8. The summed E-state index contributed by atoms with van der Waals surface area (Å²) >= 11 is 0. The second-order valence-electron chi connectivity index (χ2n) is 5.66.